The van der Waals surface area contributed by atoms with E-state index in [0.29, 0.717) is 55.7 Å². The lowest BCUT2D eigenvalue weighted by molar-refractivity contribution is -0.118. The third-order valence-corrected chi connectivity index (χ3v) is 9.44. The van der Waals surface area contributed by atoms with Crippen LogP contribution in [0.4, 0.5) is 10.8 Å². The molecule has 1 aliphatic carbocycles. The molecule has 3 aromatic rings. The van der Waals surface area contributed by atoms with Crippen LogP contribution in [-0.2, 0) is 9.59 Å². The third-order valence-electron chi connectivity index (χ3n) is 7.40. The zero-order valence-corrected chi connectivity index (χ0v) is 26.6. The van der Waals surface area contributed by atoms with Gasteiger partial charge in [-0.15, -0.1) is 10.2 Å². The van der Waals surface area contributed by atoms with E-state index in [1.807, 2.05) is 44.2 Å². The van der Waals surface area contributed by atoms with Gasteiger partial charge in [0.2, 0.25) is 11.0 Å². The standard InChI is InChI=1S/C31H32N6O5S2/c1-31(2)13-20-27(21(38)14-31)26(18-11-23(41-4)24(42-5)12-22(18)40-3)19(15-32)28(33)37(20)29-35-36-30(44-29)43-16-25(39)34-17-9-7-6-8-10-17/h6-12,26H,13-14,16,33H2,1-5H3,(H,34,39). The van der Waals surface area contributed by atoms with Crippen LogP contribution in [0.2, 0.25) is 0 Å². The maximum Gasteiger partial charge on any atom is 0.234 e. The summed E-state index contributed by atoms with van der Waals surface area (Å²) in [6, 6.07) is 14.8. The molecule has 1 aliphatic heterocycles. The Morgan fingerprint density at radius 3 is 2.45 bits per heavy atom. The number of nitrogens with two attached hydrogens (primary N) is 1. The second-order valence-corrected chi connectivity index (χ2v) is 13.2. The van der Waals surface area contributed by atoms with Crippen molar-refractivity contribution in [3.8, 4) is 23.3 Å². The number of hydrogen-bond acceptors (Lipinski definition) is 12. The van der Waals surface area contributed by atoms with Crippen molar-refractivity contribution in [2.75, 3.05) is 37.3 Å². The number of thioether (sulfide) groups is 1. The fourth-order valence-electron chi connectivity index (χ4n) is 5.51. The van der Waals surface area contributed by atoms with Gasteiger partial charge in [0.1, 0.15) is 11.6 Å². The van der Waals surface area contributed by atoms with E-state index in [1.54, 1.807) is 17.0 Å². The number of nitriles is 1. The summed E-state index contributed by atoms with van der Waals surface area (Å²) < 4.78 is 17.3. The fourth-order valence-corrected chi connectivity index (χ4v) is 7.19. The summed E-state index contributed by atoms with van der Waals surface area (Å²) >= 11 is 2.47. The average Bonchev–Trinajstić information content (AvgIpc) is 3.47. The number of anilines is 2. The average molecular weight is 633 g/mol. The number of benzene rings is 2. The Morgan fingerprint density at radius 2 is 1.80 bits per heavy atom. The molecule has 1 unspecified atom stereocenters. The number of ketones is 1. The van der Waals surface area contributed by atoms with Gasteiger partial charge in [0.25, 0.3) is 0 Å². The number of Topliss-reactive ketones (excluding diaryl/α,β-unsaturated/α-hetero) is 1. The molecule has 228 valence electrons. The summed E-state index contributed by atoms with van der Waals surface area (Å²) in [6.45, 7) is 4.04. The smallest absolute Gasteiger partial charge is 0.234 e. The van der Waals surface area contributed by atoms with Crippen LogP contribution in [0.5, 0.6) is 17.2 Å². The van der Waals surface area contributed by atoms with Crippen LogP contribution >= 0.6 is 23.1 Å². The van der Waals surface area contributed by atoms with E-state index >= 15 is 0 Å². The summed E-state index contributed by atoms with van der Waals surface area (Å²) in [5.41, 5.74) is 8.95. The van der Waals surface area contributed by atoms with E-state index in [1.165, 1.54) is 44.4 Å². The van der Waals surface area contributed by atoms with Gasteiger partial charge in [-0.05, 0) is 30.0 Å². The topological polar surface area (TPSA) is 153 Å². The molecule has 1 amide bonds. The summed E-state index contributed by atoms with van der Waals surface area (Å²) in [6.07, 6.45) is 0.791. The molecule has 5 rings (SSSR count). The van der Waals surface area contributed by atoms with Gasteiger partial charge in [-0.25, -0.2) is 0 Å². The van der Waals surface area contributed by atoms with Gasteiger partial charge in [0.05, 0.1) is 44.6 Å². The first-order valence-corrected chi connectivity index (χ1v) is 15.5. The number of rotatable bonds is 9. The maximum atomic E-state index is 13.9. The molecule has 0 bridgehead atoms. The van der Waals surface area contributed by atoms with Crippen LogP contribution in [0, 0.1) is 16.7 Å². The lowest BCUT2D eigenvalue weighted by Crippen LogP contribution is -2.42. The van der Waals surface area contributed by atoms with Gasteiger partial charge in [-0.2, -0.15) is 5.26 Å². The fraction of sp³-hybridized carbons (Fsp3) is 0.323. The SMILES string of the molecule is COc1cc(OC)c(C2C(C#N)=C(N)N(c3nnc(SCC(=O)Nc4ccccc4)s3)C3=C2C(=O)CC(C)(C)C3)cc1OC. The Balaban J connectivity index is 1.55. The zero-order chi connectivity index (χ0) is 31.6. The zero-order valence-electron chi connectivity index (χ0n) is 25.0. The second kappa shape index (κ2) is 12.6. The number of para-hydroxylation sites is 1. The Hall–Kier alpha value is -4.54. The minimum atomic E-state index is -0.798. The molecular weight excluding hydrogens is 601 g/mol. The van der Waals surface area contributed by atoms with Crippen molar-refractivity contribution in [2.24, 2.45) is 11.1 Å². The van der Waals surface area contributed by atoms with E-state index in [-0.39, 0.29) is 40.7 Å². The highest BCUT2D eigenvalue weighted by molar-refractivity contribution is 8.01. The Bertz CT molecular complexity index is 1710. The van der Waals surface area contributed by atoms with Crippen molar-refractivity contribution in [3.05, 3.63) is 70.7 Å². The largest absolute Gasteiger partial charge is 0.496 e. The van der Waals surface area contributed by atoms with Crippen LogP contribution in [0.15, 0.2) is 69.5 Å². The Morgan fingerprint density at radius 1 is 1.11 bits per heavy atom. The molecule has 2 aromatic carbocycles. The number of methoxy groups -OCH3 is 3. The van der Waals surface area contributed by atoms with Crippen LogP contribution < -0.4 is 30.2 Å². The van der Waals surface area contributed by atoms with Crippen LogP contribution in [-0.4, -0.2) is 49.0 Å². The predicted molar refractivity (Wildman–Crippen MR) is 169 cm³/mol. The molecule has 44 heavy (non-hydrogen) atoms. The van der Waals surface area contributed by atoms with Gasteiger partial charge in [0.15, 0.2) is 21.6 Å². The highest BCUT2D eigenvalue weighted by atomic mass is 32.2. The molecule has 0 saturated heterocycles. The summed E-state index contributed by atoms with van der Waals surface area (Å²) in [4.78, 5) is 28.1. The van der Waals surface area contributed by atoms with Crippen molar-refractivity contribution in [1.29, 1.82) is 5.26 Å². The predicted octanol–water partition coefficient (Wildman–Crippen LogP) is 5.24. The molecule has 0 fully saturated rings. The van der Waals surface area contributed by atoms with Crippen molar-refractivity contribution < 1.29 is 23.8 Å². The van der Waals surface area contributed by atoms with Crippen molar-refractivity contribution in [1.82, 2.24) is 10.2 Å². The molecule has 3 N–H and O–H groups in total. The number of hydrogen-bond donors (Lipinski definition) is 2. The lowest BCUT2D eigenvalue weighted by Gasteiger charge is -2.42. The third kappa shape index (κ3) is 5.95. The highest BCUT2D eigenvalue weighted by Gasteiger charge is 2.46. The molecule has 1 aromatic heterocycles. The number of nitrogens with one attached hydrogen (secondary N) is 1. The van der Waals surface area contributed by atoms with Crippen LogP contribution in [0.3, 0.4) is 0 Å². The van der Waals surface area contributed by atoms with Crippen LogP contribution in [0.25, 0.3) is 0 Å². The molecule has 13 heteroatoms. The number of amides is 1. The van der Waals surface area contributed by atoms with E-state index in [0.717, 1.165) is 0 Å². The normalized spacial score (nSPS) is 17.6. The second-order valence-electron chi connectivity index (χ2n) is 11.0. The Labute approximate surface area is 263 Å². The van der Waals surface area contributed by atoms with Gasteiger partial charge >= 0.3 is 0 Å². The molecule has 11 nitrogen and oxygen atoms in total. The molecule has 0 radical (unpaired) electrons. The molecule has 0 saturated carbocycles. The number of carbonyl (C=O) groups excluding carboxylic acids is 2. The first kappa shape index (κ1) is 30.9. The van der Waals surface area contributed by atoms with Gasteiger partial charge in [0, 0.05) is 35.0 Å². The first-order chi connectivity index (χ1) is 21.1. The van der Waals surface area contributed by atoms with E-state index in [2.05, 4.69) is 21.6 Å². The quantitative estimate of drug-likeness (QED) is 0.298. The van der Waals surface area contributed by atoms with Gasteiger partial charge in [-0.3, -0.25) is 14.5 Å². The number of allylic oxidation sites excluding steroid dienone is 3. The first-order valence-electron chi connectivity index (χ1n) is 13.7. The summed E-state index contributed by atoms with van der Waals surface area (Å²) in [5.74, 6) is 0.491. The van der Waals surface area contributed by atoms with Gasteiger partial charge < -0.3 is 25.3 Å². The van der Waals surface area contributed by atoms with E-state index in [9.17, 15) is 14.9 Å². The van der Waals surface area contributed by atoms with E-state index < -0.39 is 5.92 Å². The van der Waals surface area contributed by atoms with Crippen molar-refractivity contribution in [3.63, 3.8) is 0 Å². The molecular formula is C31H32N6O5S2. The van der Waals surface area contributed by atoms with Crippen molar-refractivity contribution in [2.45, 2.75) is 36.9 Å². The number of nitrogens with zero attached hydrogens (tertiary/aromatic N) is 4. The maximum absolute atomic E-state index is 13.9. The minimum absolute atomic E-state index is 0.0972. The van der Waals surface area contributed by atoms with Gasteiger partial charge in [-0.1, -0.05) is 55.1 Å². The van der Waals surface area contributed by atoms with E-state index in [4.69, 9.17) is 19.9 Å². The number of ether oxygens (including phenoxy) is 3. The molecule has 0 spiro atoms. The number of carbonyl (C=O) groups is 2. The summed E-state index contributed by atoms with van der Waals surface area (Å²) in [7, 11) is 4.55. The van der Waals surface area contributed by atoms with Crippen molar-refractivity contribution >= 4 is 45.6 Å². The highest BCUT2D eigenvalue weighted by Crippen LogP contribution is 2.53. The van der Waals surface area contributed by atoms with Crippen LogP contribution in [0.1, 0.15) is 38.2 Å². The lowest BCUT2D eigenvalue weighted by atomic mass is 9.68. The summed E-state index contributed by atoms with van der Waals surface area (Å²) in [5, 5.41) is 22.4. The monoisotopic (exact) mass is 632 g/mol. The molecule has 2 aliphatic rings. The minimum Gasteiger partial charge on any atom is -0.496 e. The molecule has 2 heterocycles. The Kier molecular flexibility index (Phi) is 8.85. The number of aromatic nitrogens is 2. The molecule has 1 atom stereocenters.